The van der Waals surface area contributed by atoms with Gasteiger partial charge in [-0.05, 0) is 54.8 Å². The Bertz CT molecular complexity index is 1110. The lowest BCUT2D eigenvalue weighted by Crippen LogP contribution is -2.50. The first-order chi connectivity index (χ1) is 13.9. The van der Waals surface area contributed by atoms with Crippen LogP contribution >= 0.6 is 11.6 Å². The molecule has 0 radical (unpaired) electrons. The highest BCUT2D eigenvalue weighted by Crippen LogP contribution is 2.25. The number of anilines is 1. The number of hydrogen-bond donors (Lipinski definition) is 1. The molecule has 1 amide bonds. The molecule has 1 aromatic heterocycles. The van der Waals surface area contributed by atoms with Gasteiger partial charge in [0.15, 0.2) is 10.7 Å². The highest BCUT2D eigenvalue weighted by atomic mass is 35.5. The van der Waals surface area contributed by atoms with Gasteiger partial charge < -0.3 is 14.4 Å². The smallest absolute Gasteiger partial charge is 0.245 e. The van der Waals surface area contributed by atoms with E-state index in [4.69, 9.17) is 11.6 Å². The first kappa shape index (κ1) is 19.8. The number of benzene rings is 2. The molecule has 0 bridgehead atoms. The van der Waals surface area contributed by atoms with E-state index < -0.39 is 10.7 Å². The molecule has 8 heteroatoms. The lowest BCUT2D eigenvalue weighted by Gasteiger charge is -2.37. The van der Waals surface area contributed by atoms with Crippen LogP contribution in [0.2, 0.25) is 5.02 Å². The summed E-state index contributed by atoms with van der Waals surface area (Å²) in [4.78, 5) is 17.4. The summed E-state index contributed by atoms with van der Waals surface area (Å²) in [6, 6.07) is 14.2. The number of amides is 1. The third-order valence-electron chi connectivity index (χ3n) is 5.48. The van der Waals surface area contributed by atoms with Gasteiger partial charge >= 0.3 is 0 Å². The summed E-state index contributed by atoms with van der Waals surface area (Å²) in [7, 11) is -2.56. The van der Waals surface area contributed by atoms with Gasteiger partial charge in [0, 0.05) is 43.1 Å². The highest BCUT2D eigenvalue weighted by Gasteiger charge is 2.26. The molecule has 0 unspecified atom stereocenters. The van der Waals surface area contributed by atoms with Crippen molar-refractivity contribution in [3.05, 3.63) is 59.8 Å². The maximum atomic E-state index is 13.1. The second kappa shape index (κ2) is 8.08. The second-order valence-electron chi connectivity index (χ2n) is 7.19. The van der Waals surface area contributed by atoms with Gasteiger partial charge in [-0.3, -0.25) is 4.79 Å². The summed E-state index contributed by atoms with van der Waals surface area (Å²) >= 11 is 6.13. The quantitative estimate of drug-likeness (QED) is 0.644. The Kier molecular flexibility index (Phi) is 5.52. The van der Waals surface area contributed by atoms with E-state index in [1.807, 2.05) is 59.0 Å². The van der Waals surface area contributed by atoms with Gasteiger partial charge in [-0.2, -0.15) is 0 Å². The lowest BCUT2D eigenvalue weighted by atomic mass is 10.2. The second-order valence-corrected chi connectivity index (χ2v) is 8.66. The van der Waals surface area contributed by atoms with E-state index in [1.54, 1.807) is 12.1 Å². The van der Waals surface area contributed by atoms with Crippen molar-refractivity contribution in [3.63, 3.8) is 0 Å². The molecular formula is C21H22ClN3O3S. The average molecular weight is 432 g/mol. The van der Waals surface area contributed by atoms with Gasteiger partial charge in [-0.25, -0.2) is 8.42 Å². The van der Waals surface area contributed by atoms with Crippen LogP contribution in [0.5, 0.6) is 0 Å². The molecule has 6 nitrogen and oxygen atoms in total. The number of piperazine rings is 1. The Morgan fingerprint density at radius 2 is 1.69 bits per heavy atom. The summed E-state index contributed by atoms with van der Waals surface area (Å²) < 4.78 is 24.0. The van der Waals surface area contributed by atoms with Crippen molar-refractivity contribution in [3.8, 4) is 0 Å². The number of aromatic nitrogens is 1. The molecule has 3 aromatic rings. The number of hydrogen-bond acceptors (Lipinski definition) is 4. The van der Waals surface area contributed by atoms with Crippen molar-refractivity contribution < 1.29 is 13.2 Å². The Morgan fingerprint density at radius 1 is 1.00 bits per heavy atom. The van der Waals surface area contributed by atoms with Crippen LogP contribution < -0.4 is 4.90 Å². The molecule has 1 aliphatic heterocycles. The Hall–Kier alpha value is -2.51. The van der Waals surface area contributed by atoms with Gasteiger partial charge in [-0.1, -0.05) is 17.7 Å². The van der Waals surface area contributed by atoms with Crippen LogP contribution in [-0.2, 0) is 15.5 Å². The third kappa shape index (κ3) is 3.97. The normalized spacial score (nSPS) is 15.8. The largest absolute Gasteiger partial charge is 0.368 e. The summed E-state index contributed by atoms with van der Waals surface area (Å²) in [5.41, 5.74) is 1.92. The molecule has 29 heavy (non-hydrogen) atoms. The summed E-state index contributed by atoms with van der Waals surface area (Å²) in [6.45, 7) is 4.58. The van der Waals surface area contributed by atoms with E-state index in [-0.39, 0.29) is 11.9 Å². The molecular weight excluding hydrogens is 410 g/mol. The van der Waals surface area contributed by atoms with Gasteiger partial charge in [0.05, 0.1) is 10.4 Å². The average Bonchev–Trinajstić information content (AvgIpc) is 3.16. The minimum Gasteiger partial charge on any atom is -0.368 e. The molecule has 1 atom stereocenters. The van der Waals surface area contributed by atoms with E-state index in [9.17, 15) is 13.2 Å². The van der Waals surface area contributed by atoms with Crippen molar-refractivity contribution in [2.45, 2.75) is 17.9 Å². The first-order valence-corrected chi connectivity index (χ1v) is 11.0. The molecule has 4 rings (SSSR count). The number of carbonyl (C=O) groups is 1. The van der Waals surface area contributed by atoms with E-state index in [0.717, 1.165) is 16.6 Å². The first-order valence-electron chi connectivity index (χ1n) is 9.48. The van der Waals surface area contributed by atoms with E-state index in [0.29, 0.717) is 36.1 Å². The SMILES string of the molecule is C[C@H](C(=O)N1CCN(c2ccc([SH](=O)=O)cc2)CC1)n1ccc2ccc(Cl)cc21. The van der Waals surface area contributed by atoms with Gasteiger partial charge in [0.1, 0.15) is 6.04 Å². The molecule has 0 N–H and O–H groups in total. The third-order valence-corrected chi connectivity index (χ3v) is 6.43. The van der Waals surface area contributed by atoms with Gasteiger partial charge in [-0.15, -0.1) is 0 Å². The summed E-state index contributed by atoms with van der Waals surface area (Å²) in [5, 5.41) is 1.71. The zero-order valence-corrected chi connectivity index (χ0v) is 17.6. The number of rotatable bonds is 4. The van der Waals surface area contributed by atoms with Gasteiger partial charge in [0.25, 0.3) is 0 Å². The van der Waals surface area contributed by atoms with Crippen LogP contribution in [0.4, 0.5) is 5.69 Å². The summed E-state index contributed by atoms with van der Waals surface area (Å²) in [6.07, 6.45) is 1.93. The van der Waals surface area contributed by atoms with Crippen molar-refractivity contribution in [2.75, 3.05) is 31.1 Å². The number of halogens is 1. The molecule has 152 valence electrons. The van der Waals surface area contributed by atoms with Crippen LogP contribution in [0.1, 0.15) is 13.0 Å². The fourth-order valence-corrected chi connectivity index (χ4v) is 4.37. The van der Waals surface area contributed by atoms with Crippen LogP contribution in [0, 0.1) is 0 Å². The van der Waals surface area contributed by atoms with Crippen molar-refractivity contribution in [1.29, 1.82) is 0 Å². The van der Waals surface area contributed by atoms with E-state index >= 15 is 0 Å². The topological polar surface area (TPSA) is 62.6 Å². The zero-order chi connectivity index (χ0) is 20.5. The van der Waals surface area contributed by atoms with Crippen LogP contribution in [-0.4, -0.2) is 50.0 Å². The van der Waals surface area contributed by atoms with Crippen LogP contribution in [0.15, 0.2) is 59.6 Å². The predicted molar refractivity (Wildman–Crippen MR) is 115 cm³/mol. The fourth-order valence-electron chi connectivity index (χ4n) is 3.81. The lowest BCUT2D eigenvalue weighted by molar-refractivity contribution is -0.134. The van der Waals surface area contributed by atoms with E-state index in [2.05, 4.69) is 4.90 Å². The minimum atomic E-state index is -2.56. The Balaban J connectivity index is 1.43. The predicted octanol–water partition coefficient (Wildman–Crippen LogP) is 3.17. The standard InChI is InChI=1S/C21H22ClN3O3S/c1-15(25-9-8-16-2-3-17(22)14-20(16)25)21(26)24-12-10-23(11-13-24)18-4-6-19(7-5-18)29(27)28/h2-9,14-15,29H,10-13H2,1H3/t15-/m1/s1. The van der Waals surface area contributed by atoms with Crippen LogP contribution in [0.3, 0.4) is 0 Å². The molecule has 2 aromatic carbocycles. The number of thiol groups is 1. The Labute approximate surface area is 176 Å². The molecule has 1 aliphatic rings. The van der Waals surface area contributed by atoms with Gasteiger partial charge in [0.2, 0.25) is 5.91 Å². The number of carbonyl (C=O) groups excluding carboxylic acids is 1. The fraction of sp³-hybridized carbons (Fsp3) is 0.286. The molecule has 1 saturated heterocycles. The molecule has 0 saturated carbocycles. The maximum absolute atomic E-state index is 13.1. The molecule has 1 fully saturated rings. The Morgan fingerprint density at radius 3 is 2.34 bits per heavy atom. The van der Waals surface area contributed by atoms with Crippen molar-refractivity contribution in [2.24, 2.45) is 0 Å². The van der Waals surface area contributed by atoms with Crippen LogP contribution in [0.25, 0.3) is 10.9 Å². The summed E-state index contributed by atoms with van der Waals surface area (Å²) in [5.74, 6) is 0.0841. The number of nitrogens with zero attached hydrogens (tertiary/aromatic N) is 3. The zero-order valence-electron chi connectivity index (χ0n) is 16.0. The van der Waals surface area contributed by atoms with E-state index in [1.165, 1.54) is 0 Å². The molecule has 2 heterocycles. The van der Waals surface area contributed by atoms with Crippen molar-refractivity contribution in [1.82, 2.24) is 9.47 Å². The van der Waals surface area contributed by atoms with Crippen molar-refractivity contribution >= 4 is 44.8 Å². The molecule has 0 aliphatic carbocycles. The maximum Gasteiger partial charge on any atom is 0.245 e. The monoisotopic (exact) mass is 431 g/mol. The molecule has 0 spiro atoms. The minimum absolute atomic E-state index is 0.0841. The number of fused-ring (bicyclic) bond motifs is 1. The highest BCUT2D eigenvalue weighted by molar-refractivity contribution is 7.72.